The summed E-state index contributed by atoms with van der Waals surface area (Å²) in [5.41, 5.74) is 0.448. The van der Waals surface area contributed by atoms with Crippen LogP contribution in [0.1, 0.15) is 11.7 Å². The number of sulfone groups is 1. The van der Waals surface area contributed by atoms with Crippen molar-refractivity contribution < 1.29 is 13.5 Å². The summed E-state index contributed by atoms with van der Waals surface area (Å²) < 4.78 is 21.6. The number of rotatable bonds is 3. The summed E-state index contributed by atoms with van der Waals surface area (Å²) >= 11 is 10.5. The molecule has 1 aromatic rings. The van der Waals surface area contributed by atoms with Crippen molar-refractivity contribution in [3.63, 3.8) is 0 Å². The Kier molecular flexibility index (Phi) is 4.68. The molecule has 0 saturated carbocycles. The first-order valence-electron chi connectivity index (χ1n) is 4.17. The van der Waals surface area contributed by atoms with Gasteiger partial charge in [0.1, 0.15) is 6.10 Å². The van der Waals surface area contributed by atoms with Crippen LogP contribution in [0.25, 0.3) is 0 Å². The molecule has 1 rings (SSSR count). The Hall–Kier alpha value is 0.630. The maximum Gasteiger partial charge on any atom is 0.206 e. The van der Waals surface area contributed by atoms with Gasteiger partial charge in [-0.05, 0) is 40.3 Å². The van der Waals surface area contributed by atoms with Crippen molar-refractivity contribution in [1.29, 1.82) is 0 Å². The zero-order valence-corrected chi connectivity index (χ0v) is 13.5. The normalized spacial score (nSPS) is 17.8. The molecule has 0 aliphatic carbocycles. The van der Waals surface area contributed by atoms with Gasteiger partial charge in [0.15, 0.2) is 9.84 Å². The van der Waals surface area contributed by atoms with E-state index < -0.39 is 17.6 Å². The molecule has 0 aromatic heterocycles. The lowest BCUT2D eigenvalue weighted by Crippen LogP contribution is -2.31. The fraction of sp³-hybridized carbons (Fsp3) is 0.333. The van der Waals surface area contributed by atoms with Crippen LogP contribution in [0.3, 0.4) is 0 Å². The lowest BCUT2D eigenvalue weighted by atomic mass is 10.1. The predicted octanol–water partition coefficient (Wildman–Crippen LogP) is 2.90. The van der Waals surface area contributed by atoms with Gasteiger partial charge >= 0.3 is 0 Å². The molecule has 0 bridgehead atoms. The molecule has 0 fully saturated rings. The van der Waals surface area contributed by atoms with Crippen LogP contribution < -0.4 is 0 Å². The van der Waals surface area contributed by atoms with E-state index >= 15 is 0 Å². The average molecular weight is 439 g/mol. The van der Waals surface area contributed by atoms with Gasteiger partial charge in [0.25, 0.3) is 0 Å². The minimum atomic E-state index is -3.45. The number of aliphatic hydroxyl groups excluding tert-OH is 1. The van der Waals surface area contributed by atoms with Crippen LogP contribution in [0.2, 0.25) is 5.02 Å². The number of hydrogen-bond acceptors (Lipinski definition) is 3. The molecule has 0 unspecified atom stereocenters. The second kappa shape index (κ2) is 5.09. The van der Waals surface area contributed by atoms with E-state index in [9.17, 15) is 13.5 Å². The molecule has 1 N–H and O–H groups in total. The third-order valence-corrected chi connectivity index (χ3v) is 8.61. The van der Waals surface area contributed by atoms with Gasteiger partial charge in [0.2, 0.25) is 1.66 Å². The van der Waals surface area contributed by atoms with Gasteiger partial charge in [0, 0.05) is 11.3 Å². The minimum Gasteiger partial charge on any atom is -0.385 e. The van der Waals surface area contributed by atoms with Crippen LogP contribution in [0.5, 0.6) is 0 Å². The second-order valence-corrected chi connectivity index (χ2v) is 11.6. The Labute approximate surface area is 121 Å². The van der Waals surface area contributed by atoms with E-state index in [4.69, 9.17) is 11.6 Å². The molecule has 1 aromatic carbocycles. The fourth-order valence-electron chi connectivity index (χ4n) is 1.07. The highest BCUT2D eigenvalue weighted by molar-refractivity contribution is 14.1. The molecule has 3 nitrogen and oxygen atoms in total. The van der Waals surface area contributed by atoms with Crippen molar-refractivity contribution in [2.75, 3.05) is 6.26 Å². The maximum atomic E-state index is 11.5. The van der Waals surface area contributed by atoms with E-state index in [2.05, 4.69) is 15.9 Å². The van der Waals surface area contributed by atoms with Gasteiger partial charge < -0.3 is 5.11 Å². The molecule has 0 spiro atoms. The van der Waals surface area contributed by atoms with Crippen LogP contribution in [-0.4, -0.2) is 21.4 Å². The third-order valence-electron chi connectivity index (χ3n) is 1.98. The highest BCUT2D eigenvalue weighted by Crippen LogP contribution is 2.44. The molecule has 2 atom stereocenters. The van der Waals surface area contributed by atoms with Gasteiger partial charge in [0.05, 0.1) is 0 Å². The second-order valence-electron chi connectivity index (χ2n) is 3.29. The highest BCUT2D eigenvalue weighted by Gasteiger charge is 2.43. The van der Waals surface area contributed by atoms with Crippen LogP contribution in [0.4, 0.5) is 0 Å². The predicted molar refractivity (Wildman–Crippen MR) is 76.9 cm³/mol. The molecule has 0 saturated heterocycles. The first-order chi connectivity index (χ1) is 7.16. The Balaban J connectivity index is 3.17. The van der Waals surface area contributed by atoms with Crippen LogP contribution in [-0.2, 0) is 9.84 Å². The molecule has 90 valence electrons. The van der Waals surface area contributed by atoms with Gasteiger partial charge in [-0.15, -0.1) is 0 Å². The number of alkyl halides is 2. The molecule has 16 heavy (non-hydrogen) atoms. The number of benzene rings is 1. The monoisotopic (exact) mass is 438 g/mol. The summed E-state index contributed by atoms with van der Waals surface area (Å²) in [4.78, 5) is 0. The van der Waals surface area contributed by atoms with Crippen LogP contribution in [0.15, 0.2) is 24.3 Å². The van der Waals surface area contributed by atoms with Gasteiger partial charge in [-0.1, -0.05) is 39.7 Å². The SMILES string of the molecule is CS(=O)(=O)[C@](Br)(I)[C@@H](O)c1cccc(Cl)c1. The summed E-state index contributed by atoms with van der Waals surface area (Å²) in [7, 11) is -3.45. The van der Waals surface area contributed by atoms with E-state index in [0.29, 0.717) is 10.6 Å². The summed E-state index contributed by atoms with van der Waals surface area (Å²) in [5.74, 6) is 0. The third kappa shape index (κ3) is 3.10. The Morgan fingerprint density at radius 3 is 2.56 bits per heavy atom. The van der Waals surface area contributed by atoms with E-state index in [1.165, 1.54) is 6.07 Å². The van der Waals surface area contributed by atoms with Crippen molar-refractivity contribution in [3.8, 4) is 0 Å². The van der Waals surface area contributed by atoms with Crippen molar-refractivity contribution in [2.45, 2.75) is 7.77 Å². The molecule has 0 aliphatic heterocycles. The molecule has 0 aliphatic rings. The van der Waals surface area contributed by atoms with Gasteiger partial charge in [-0.2, -0.15) is 0 Å². The van der Waals surface area contributed by atoms with Crippen LogP contribution >= 0.6 is 50.1 Å². The lowest BCUT2D eigenvalue weighted by Gasteiger charge is -2.25. The average Bonchev–Trinajstić information content (AvgIpc) is 2.14. The first kappa shape index (κ1) is 14.7. The standard InChI is InChI=1S/C9H9BrClIO3S/c1-16(14,15)9(10,12)8(13)6-3-2-4-7(11)5-6/h2-5,8,13H,1H3/t8-,9+/m0/s1. The fourth-order valence-corrected chi connectivity index (χ4v) is 2.44. The van der Waals surface area contributed by atoms with E-state index in [1.54, 1.807) is 40.8 Å². The Bertz CT molecular complexity index is 489. The van der Waals surface area contributed by atoms with E-state index in [1.807, 2.05) is 0 Å². The number of hydrogen-bond donors (Lipinski definition) is 1. The minimum absolute atomic E-state index is 0.448. The Morgan fingerprint density at radius 1 is 1.56 bits per heavy atom. The van der Waals surface area contributed by atoms with Crippen LogP contribution in [0, 0.1) is 0 Å². The quantitative estimate of drug-likeness (QED) is 0.582. The topological polar surface area (TPSA) is 54.4 Å². The summed E-state index contributed by atoms with van der Waals surface area (Å²) in [6, 6.07) is 6.46. The number of halogens is 3. The van der Waals surface area contributed by atoms with Crippen molar-refractivity contribution in [3.05, 3.63) is 34.9 Å². The van der Waals surface area contributed by atoms with Gasteiger partial charge in [-0.3, -0.25) is 0 Å². The molecule has 0 radical (unpaired) electrons. The summed E-state index contributed by atoms with van der Waals surface area (Å²) in [6.07, 6.45) is -0.135. The first-order valence-corrected chi connectivity index (χ1v) is 8.31. The molecule has 0 amide bonds. The summed E-state index contributed by atoms with van der Waals surface area (Å²) in [6.45, 7) is 0. The van der Waals surface area contributed by atoms with Crippen molar-refractivity contribution in [2.24, 2.45) is 0 Å². The highest BCUT2D eigenvalue weighted by atomic mass is 127. The Morgan fingerprint density at radius 2 is 2.12 bits per heavy atom. The largest absolute Gasteiger partial charge is 0.385 e. The molecular formula is C9H9BrClIO3S. The molecule has 0 heterocycles. The maximum absolute atomic E-state index is 11.5. The smallest absolute Gasteiger partial charge is 0.206 e. The zero-order chi connectivity index (χ0) is 12.6. The van der Waals surface area contributed by atoms with Crippen molar-refractivity contribution >= 4 is 60.0 Å². The lowest BCUT2D eigenvalue weighted by molar-refractivity contribution is 0.191. The zero-order valence-electron chi connectivity index (χ0n) is 8.19. The number of aliphatic hydroxyl groups is 1. The summed E-state index contributed by atoms with van der Waals surface area (Å²) in [5, 5.41) is 10.5. The van der Waals surface area contributed by atoms with Gasteiger partial charge in [-0.25, -0.2) is 8.42 Å². The molecular weight excluding hydrogens is 430 g/mol. The molecule has 7 heteroatoms. The van der Waals surface area contributed by atoms with E-state index in [-0.39, 0.29) is 0 Å². The van der Waals surface area contributed by atoms with Crippen molar-refractivity contribution in [1.82, 2.24) is 0 Å². The van der Waals surface area contributed by atoms with E-state index in [0.717, 1.165) is 6.26 Å².